The van der Waals surface area contributed by atoms with Gasteiger partial charge < -0.3 is 23.2 Å². The molecular weight excluding hydrogens is 787 g/mol. The maximum absolute atomic E-state index is 13.7. The molecule has 2 aromatic rings. The lowest BCUT2D eigenvalue weighted by Gasteiger charge is -2.39. The first kappa shape index (κ1) is 41.1. The number of pyridine rings is 1. The molecule has 1 aliphatic heterocycles. The van der Waals surface area contributed by atoms with Crippen molar-refractivity contribution in [3.05, 3.63) is 53.3 Å². The van der Waals surface area contributed by atoms with Crippen LogP contribution in [0, 0.1) is 0 Å². The van der Waals surface area contributed by atoms with Gasteiger partial charge in [-0.2, -0.15) is 26.3 Å². The van der Waals surface area contributed by atoms with Gasteiger partial charge in [0.2, 0.25) is 11.8 Å². The van der Waals surface area contributed by atoms with Crippen molar-refractivity contribution >= 4 is 46.4 Å². The molecule has 1 aromatic carbocycles. The summed E-state index contributed by atoms with van der Waals surface area (Å²) in [6.07, 6.45) is -10.2. The van der Waals surface area contributed by atoms with E-state index in [0.29, 0.717) is 35.7 Å². The lowest BCUT2D eigenvalue weighted by Crippen LogP contribution is -2.63. The van der Waals surface area contributed by atoms with Crippen LogP contribution < -0.4 is 13.2 Å². The second kappa shape index (κ2) is 15.5. The highest BCUT2D eigenvalue weighted by Gasteiger charge is 2.71. The Bertz CT molecular complexity index is 1520. The van der Waals surface area contributed by atoms with E-state index in [2.05, 4.69) is 10.3 Å². The summed E-state index contributed by atoms with van der Waals surface area (Å²) in [6, 6.07) is 3.93. The Hall–Kier alpha value is -3.35. The Morgan fingerprint density at radius 1 is 1.08 bits per heavy atom. The van der Waals surface area contributed by atoms with Crippen LogP contribution in [0.25, 0.3) is 0 Å². The molecule has 2 N–H and O–H groups in total. The average molecular weight is 830 g/mol. The second-order valence-electron chi connectivity index (χ2n) is 13.0. The topological polar surface area (TPSA) is 115 Å². The molecule has 2 heterocycles. The van der Waals surface area contributed by atoms with Crippen LogP contribution in [0.2, 0.25) is 0 Å². The van der Waals surface area contributed by atoms with E-state index in [0.717, 1.165) is 11.0 Å². The number of aromatic nitrogens is 1. The van der Waals surface area contributed by atoms with E-state index in [1.807, 2.05) is 36.7 Å². The van der Waals surface area contributed by atoms with Crippen LogP contribution in [0.3, 0.4) is 0 Å². The highest BCUT2D eigenvalue weighted by molar-refractivity contribution is 14.1. The zero-order valence-electron chi connectivity index (χ0n) is 28.7. The standard InChI is InChI=1S/C33H42F6IN5O5/c1-8-9-22-14-23(31(49,32(34,35)36)33(37,38)39)10-12-25(22)45(40)21(6)16-43(19(2)3)27(46)17-44-28(47)30(7,18-42-29(44)48)26-13-11-24(15-41-26)50-20(4)5/h10-15,19-21,49H,8-9,16-18H2,1-7H3,(H,42,48)/t21-,30?/m0/s1. The first-order valence-corrected chi connectivity index (χ1v) is 16.9. The van der Waals surface area contributed by atoms with Gasteiger partial charge in [0.05, 0.1) is 46.9 Å². The van der Waals surface area contributed by atoms with Crippen LogP contribution >= 0.6 is 22.9 Å². The van der Waals surface area contributed by atoms with E-state index in [-0.39, 0.29) is 31.2 Å². The highest BCUT2D eigenvalue weighted by atomic mass is 127. The van der Waals surface area contributed by atoms with Crippen molar-refractivity contribution in [2.75, 3.05) is 22.7 Å². The summed E-state index contributed by atoms with van der Waals surface area (Å²) in [7, 11) is 0. The van der Waals surface area contributed by atoms with E-state index < -0.39 is 65.4 Å². The van der Waals surface area contributed by atoms with Gasteiger partial charge in [-0.25, -0.2) is 4.79 Å². The predicted molar refractivity (Wildman–Crippen MR) is 182 cm³/mol. The number of anilines is 1. The number of alkyl halides is 6. The first-order valence-electron chi connectivity index (χ1n) is 16.0. The molecule has 0 saturated carbocycles. The van der Waals surface area contributed by atoms with Crippen molar-refractivity contribution in [1.82, 2.24) is 20.1 Å². The van der Waals surface area contributed by atoms with E-state index in [1.54, 1.807) is 49.9 Å². The van der Waals surface area contributed by atoms with Gasteiger partial charge in [0.1, 0.15) is 17.7 Å². The minimum absolute atomic E-state index is 0.0155. The molecule has 0 spiro atoms. The molecule has 0 radical (unpaired) electrons. The average Bonchev–Trinajstić information content (AvgIpc) is 3.01. The Morgan fingerprint density at radius 2 is 1.70 bits per heavy atom. The maximum atomic E-state index is 13.7. The third kappa shape index (κ3) is 8.40. The van der Waals surface area contributed by atoms with Crippen molar-refractivity contribution in [3.63, 3.8) is 0 Å². The number of aryl methyl sites for hydroxylation is 1. The number of benzene rings is 1. The van der Waals surface area contributed by atoms with Crippen LogP contribution in [0.4, 0.5) is 36.8 Å². The molecule has 1 aromatic heterocycles. The molecule has 1 saturated heterocycles. The number of ether oxygens (including phenoxy) is 1. The second-order valence-corrected chi connectivity index (χ2v) is 14.1. The van der Waals surface area contributed by atoms with E-state index in [4.69, 9.17) is 4.74 Å². The number of nitrogens with zero attached hydrogens (tertiary/aromatic N) is 4. The Labute approximate surface area is 301 Å². The van der Waals surface area contributed by atoms with Crippen LogP contribution in [-0.4, -0.2) is 87.9 Å². The number of urea groups is 1. The van der Waals surface area contributed by atoms with Crippen LogP contribution in [0.15, 0.2) is 36.5 Å². The molecule has 1 unspecified atom stereocenters. The Morgan fingerprint density at radius 3 is 2.20 bits per heavy atom. The molecule has 4 amide bonds. The number of halogens is 7. The Kier molecular flexibility index (Phi) is 12.7. The minimum Gasteiger partial charge on any atom is -0.489 e. The SMILES string of the molecule is CCCc1cc(C(O)(C(F)(F)F)C(F)(F)F)ccc1N(I)[C@@H](C)CN(C(=O)CN1C(=O)NCC(C)(c2ccc(OC(C)C)cn2)C1=O)C(C)C. The fourth-order valence-corrected chi connectivity index (χ4v) is 6.25. The summed E-state index contributed by atoms with van der Waals surface area (Å²) in [6.45, 7) is 11.5. The maximum Gasteiger partial charge on any atom is 0.430 e. The van der Waals surface area contributed by atoms with Crippen LogP contribution in [0.1, 0.15) is 71.7 Å². The molecule has 1 fully saturated rings. The van der Waals surface area contributed by atoms with Crippen molar-refractivity contribution in [2.24, 2.45) is 0 Å². The molecular formula is C33H42F6IN5O5. The van der Waals surface area contributed by atoms with Crippen molar-refractivity contribution in [2.45, 2.75) is 103 Å². The minimum atomic E-state index is -6.03. The zero-order chi connectivity index (χ0) is 38.0. The molecule has 1 aliphatic rings. The number of amides is 4. The number of hydrogen-bond donors (Lipinski definition) is 2. The van der Waals surface area contributed by atoms with Gasteiger partial charge in [-0.05, 0) is 71.7 Å². The molecule has 17 heteroatoms. The van der Waals surface area contributed by atoms with Gasteiger partial charge in [-0.3, -0.25) is 19.5 Å². The predicted octanol–water partition coefficient (Wildman–Crippen LogP) is 6.43. The molecule has 0 aliphatic carbocycles. The summed E-state index contributed by atoms with van der Waals surface area (Å²) >= 11 is 1.87. The monoisotopic (exact) mass is 829 g/mol. The quantitative estimate of drug-likeness (QED) is 0.136. The normalized spacial score (nSPS) is 18.0. The van der Waals surface area contributed by atoms with Crippen LogP contribution in [-0.2, 0) is 27.0 Å². The van der Waals surface area contributed by atoms with Gasteiger partial charge in [0.15, 0.2) is 0 Å². The van der Waals surface area contributed by atoms with Gasteiger partial charge in [-0.15, -0.1) is 0 Å². The van der Waals surface area contributed by atoms with E-state index in [9.17, 15) is 45.8 Å². The van der Waals surface area contributed by atoms with E-state index >= 15 is 0 Å². The number of nitrogens with one attached hydrogen (secondary N) is 1. The number of hydrogen-bond acceptors (Lipinski definition) is 7. The van der Waals surface area contributed by atoms with Gasteiger partial charge in [0.25, 0.3) is 5.60 Å². The molecule has 50 heavy (non-hydrogen) atoms. The van der Waals surface area contributed by atoms with E-state index in [1.165, 1.54) is 11.1 Å². The molecule has 0 bridgehead atoms. The molecule has 10 nitrogen and oxygen atoms in total. The first-order chi connectivity index (χ1) is 23.0. The van der Waals surface area contributed by atoms with Gasteiger partial charge in [0, 0.05) is 30.4 Å². The number of carbonyl (C=O) groups excluding carboxylic acids is 3. The summed E-state index contributed by atoms with van der Waals surface area (Å²) in [5.41, 5.74) is -6.92. The number of aliphatic hydroxyl groups is 1. The van der Waals surface area contributed by atoms with Gasteiger partial charge in [-0.1, -0.05) is 25.5 Å². The third-order valence-corrected chi connectivity index (χ3v) is 9.85. The van der Waals surface area contributed by atoms with Crippen LogP contribution in [0.5, 0.6) is 5.75 Å². The number of carbonyl (C=O) groups is 3. The highest BCUT2D eigenvalue weighted by Crippen LogP contribution is 2.50. The van der Waals surface area contributed by atoms with Crippen molar-refractivity contribution in [3.8, 4) is 5.75 Å². The lowest BCUT2D eigenvalue weighted by molar-refractivity contribution is -0.376. The summed E-state index contributed by atoms with van der Waals surface area (Å²) in [5, 5.41) is 12.6. The Balaban J connectivity index is 1.85. The molecule has 278 valence electrons. The van der Waals surface area contributed by atoms with Crippen molar-refractivity contribution < 1.29 is 50.6 Å². The lowest BCUT2D eigenvalue weighted by atomic mass is 9.83. The summed E-state index contributed by atoms with van der Waals surface area (Å²) in [5.74, 6) is -0.698. The van der Waals surface area contributed by atoms with Crippen molar-refractivity contribution in [1.29, 1.82) is 0 Å². The molecule has 3 rings (SSSR count). The third-order valence-electron chi connectivity index (χ3n) is 8.38. The fourth-order valence-electron chi connectivity index (χ4n) is 5.60. The zero-order valence-corrected chi connectivity index (χ0v) is 30.9. The summed E-state index contributed by atoms with van der Waals surface area (Å²) in [4.78, 5) is 47.0. The fraction of sp³-hybridized carbons (Fsp3) is 0.576. The number of imide groups is 1. The smallest absolute Gasteiger partial charge is 0.430 e. The molecule has 2 atom stereocenters. The van der Waals surface area contributed by atoms with Gasteiger partial charge >= 0.3 is 18.4 Å². The largest absolute Gasteiger partial charge is 0.489 e. The summed E-state index contributed by atoms with van der Waals surface area (Å²) < 4.78 is 88.8. The number of rotatable bonds is 13.